The normalized spacial score (nSPS) is 22.9. The number of urea groups is 1. The fourth-order valence-corrected chi connectivity index (χ4v) is 4.78. The van der Waals surface area contributed by atoms with Crippen molar-refractivity contribution in [3.05, 3.63) is 42.1 Å². The number of amides is 2. The van der Waals surface area contributed by atoms with Gasteiger partial charge >= 0.3 is 12.0 Å². The van der Waals surface area contributed by atoms with Crippen LogP contribution in [0.1, 0.15) is 11.6 Å². The molecule has 1 saturated heterocycles. The number of pyridine rings is 1. The zero-order valence-corrected chi connectivity index (χ0v) is 15.8. The Bertz CT molecular complexity index is 947. The number of benzene rings is 1. The lowest BCUT2D eigenvalue weighted by Crippen LogP contribution is -2.47. The summed E-state index contributed by atoms with van der Waals surface area (Å²) in [5.74, 6) is 0.350. The topological polar surface area (TPSA) is 90.0 Å². The summed E-state index contributed by atoms with van der Waals surface area (Å²) in [6.07, 6.45) is 1.73. The van der Waals surface area contributed by atoms with E-state index in [1.165, 1.54) is 18.9 Å². The van der Waals surface area contributed by atoms with Crippen LogP contribution in [0.5, 0.6) is 5.75 Å². The van der Waals surface area contributed by atoms with Crippen LogP contribution in [-0.4, -0.2) is 48.7 Å². The number of esters is 1. The number of anilines is 2. The second kappa shape index (κ2) is 6.68. The third kappa shape index (κ3) is 2.70. The molecule has 0 spiro atoms. The Morgan fingerprint density at radius 2 is 2.07 bits per heavy atom. The molecule has 5 rings (SSSR count). The van der Waals surface area contributed by atoms with Gasteiger partial charge in [-0.15, -0.1) is 0 Å². The molecule has 3 aliphatic heterocycles. The van der Waals surface area contributed by atoms with Crippen LogP contribution >= 0.6 is 11.8 Å². The molecule has 1 aromatic carbocycles. The zero-order chi connectivity index (χ0) is 19.3. The number of aromatic nitrogens is 1. The van der Waals surface area contributed by atoms with Gasteiger partial charge in [-0.05, 0) is 30.3 Å². The minimum atomic E-state index is -0.541. The Balaban J connectivity index is 1.48. The minimum Gasteiger partial charge on any atom is -0.486 e. The summed E-state index contributed by atoms with van der Waals surface area (Å²) in [5, 5.41) is 3.12. The summed E-state index contributed by atoms with van der Waals surface area (Å²) in [7, 11) is 1.34. The van der Waals surface area contributed by atoms with Crippen molar-refractivity contribution in [1.82, 2.24) is 10.3 Å². The zero-order valence-electron chi connectivity index (χ0n) is 15.0. The smallest absolute Gasteiger partial charge is 0.327 e. The van der Waals surface area contributed by atoms with E-state index in [1.54, 1.807) is 17.2 Å². The highest BCUT2D eigenvalue weighted by Crippen LogP contribution is 2.50. The first-order valence-corrected chi connectivity index (χ1v) is 9.72. The number of methoxy groups -OCH3 is 1. The molecule has 1 N–H and O–H groups in total. The van der Waals surface area contributed by atoms with Crippen molar-refractivity contribution < 1.29 is 23.8 Å². The highest BCUT2D eigenvalue weighted by atomic mass is 32.2. The van der Waals surface area contributed by atoms with Crippen molar-refractivity contribution in [3.63, 3.8) is 0 Å². The first-order valence-electron chi connectivity index (χ1n) is 8.84. The van der Waals surface area contributed by atoms with Crippen molar-refractivity contribution in [1.29, 1.82) is 0 Å². The quantitative estimate of drug-likeness (QED) is 0.790. The highest BCUT2D eigenvalue weighted by molar-refractivity contribution is 8.01. The molecule has 2 amide bonds. The van der Waals surface area contributed by atoms with Gasteiger partial charge in [0.2, 0.25) is 0 Å². The molecule has 0 radical (unpaired) electrons. The van der Waals surface area contributed by atoms with Crippen LogP contribution < -0.4 is 15.0 Å². The Morgan fingerprint density at radius 1 is 1.29 bits per heavy atom. The van der Waals surface area contributed by atoms with Gasteiger partial charge in [-0.3, -0.25) is 9.69 Å². The summed E-state index contributed by atoms with van der Waals surface area (Å²) in [4.78, 5) is 31.0. The van der Waals surface area contributed by atoms with E-state index in [0.29, 0.717) is 18.9 Å². The summed E-state index contributed by atoms with van der Waals surface area (Å²) in [5.41, 5.74) is 2.27. The molecular weight excluding hydrogens is 382 g/mol. The number of hydrogen-bond donors (Lipinski definition) is 1. The minimum absolute atomic E-state index is 0.0839. The second-order valence-electron chi connectivity index (χ2n) is 6.64. The maximum atomic E-state index is 12.9. The van der Waals surface area contributed by atoms with E-state index < -0.39 is 11.3 Å². The molecule has 9 heteroatoms. The van der Waals surface area contributed by atoms with Gasteiger partial charge in [0, 0.05) is 11.8 Å². The van der Waals surface area contributed by atoms with Crippen LogP contribution in [-0.2, 0) is 14.3 Å². The van der Waals surface area contributed by atoms with Gasteiger partial charge in [0.25, 0.3) is 0 Å². The van der Waals surface area contributed by atoms with Crippen LogP contribution in [0.15, 0.2) is 41.6 Å². The molecule has 4 heterocycles. The van der Waals surface area contributed by atoms with Gasteiger partial charge < -0.3 is 19.5 Å². The molecule has 1 fully saturated rings. The number of ether oxygens (including phenoxy) is 3. The second-order valence-corrected chi connectivity index (χ2v) is 7.77. The molecule has 0 saturated carbocycles. The molecule has 3 aliphatic rings. The van der Waals surface area contributed by atoms with E-state index in [2.05, 4.69) is 10.3 Å². The van der Waals surface area contributed by atoms with Gasteiger partial charge in [0.15, 0.2) is 0 Å². The molecular formula is C19H17N3O5S. The van der Waals surface area contributed by atoms with Crippen molar-refractivity contribution in [2.75, 3.05) is 25.2 Å². The average molecular weight is 399 g/mol. The third-order valence-corrected chi connectivity index (χ3v) is 6.21. The SMILES string of the molecule is COC(=O)C1Sc2nccc3c2C1NC(=O)N3c1ccc(OC2COC2)cc1. The van der Waals surface area contributed by atoms with Crippen LogP contribution in [0.3, 0.4) is 0 Å². The van der Waals surface area contributed by atoms with E-state index in [4.69, 9.17) is 14.2 Å². The molecule has 2 aromatic rings. The lowest BCUT2D eigenvalue weighted by Gasteiger charge is -2.34. The van der Waals surface area contributed by atoms with Gasteiger partial charge in [-0.25, -0.2) is 9.78 Å². The van der Waals surface area contributed by atoms with Crippen molar-refractivity contribution in [3.8, 4) is 5.75 Å². The molecule has 2 unspecified atom stereocenters. The van der Waals surface area contributed by atoms with E-state index in [1.807, 2.05) is 24.3 Å². The number of nitrogens with one attached hydrogen (secondary N) is 1. The lowest BCUT2D eigenvalue weighted by atomic mass is 10.0. The monoisotopic (exact) mass is 399 g/mol. The molecule has 2 atom stereocenters. The Morgan fingerprint density at radius 3 is 2.75 bits per heavy atom. The van der Waals surface area contributed by atoms with Gasteiger partial charge in [-0.1, -0.05) is 11.8 Å². The Kier molecular flexibility index (Phi) is 4.13. The lowest BCUT2D eigenvalue weighted by molar-refractivity contribution is -0.140. The number of nitrogens with zero attached hydrogens (tertiary/aromatic N) is 2. The Labute approximate surface area is 165 Å². The van der Waals surface area contributed by atoms with E-state index in [-0.39, 0.29) is 18.1 Å². The molecule has 144 valence electrons. The number of carbonyl (C=O) groups is 2. The fraction of sp³-hybridized carbons (Fsp3) is 0.316. The average Bonchev–Trinajstić information content (AvgIpc) is 3.05. The number of hydrogen-bond acceptors (Lipinski definition) is 7. The standard InChI is InChI=1S/C19H17N3O5S/c1-25-18(23)16-15-14-13(6-7-20-17(14)28-16)22(19(24)21-15)10-2-4-11(5-3-10)27-12-8-26-9-12/h2-7,12,15-16H,8-9H2,1H3,(H,21,24). The number of thioether (sulfide) groups is 1. The van der Waals surface area contributed by atoms with E-state index >= 15 is 0 Å². The summed E-state index contributed by atoms with van der Waals surface area (Å²) in [6.45, 7) is 1.19. The summed E-state index contributed by atoms with van der Waals surface area (Å²) >= 11 is 1.31. The maximum Gasteiger partial charge on any atom is 0.327 e. The molecule has 28 heavy (non-hydrogen) atoms. The van der Waals surface area contributed by atoms with Crippen molar-refractivity contribution >= 4 is 35.1 Å². The van der Waals surface area contributed by atoms with E-state index in [9.17, 15) is 9.59 Å². The van der Waals surface area contributed by atoms with Gasteiger partial charge in [0.1, 0.15) is 22.1 Å². The highest BCUT2D eigenvalue weighted by Gasteiger charge is 2.47. The molecule has 0 aliphatic carbocycles. The molecule has 1 aromatic heterocycles. The first kappa shape index (κ1) is 17.3. The predicted octanol–water partition coefficient (Wildman–Crippen LogP) is 2.41. The van der Waals surface area contributed by atoms with Gasteiger partial charge in [0.05, 0.1) is 37.7 Å². The maximum absolute atomic E-state index is 12.9. The Hall–Kier alpha value is -2.78. The van der Waals surface area contributed by atoms with Crippen LogP contribution in [0, 0.1) is 0 Å². The van der Waals surface area contributed by atoms with Gasteiger partial charge in [-0.2, -0.15) is 0 Å². The largest absolute Gasteiger partial charge is 0.486 e. The summed E-state index contributed by atoms with van der Waals surface area (Å²) < 4.78 is 15.8. The van der Waals surface area contributed by atoms with Crippen molar-refractivity contribution in [2.24, 2.45) is 0 Å². The molecule has 8 nitrogen and oxygen atoms in total. The van der Waals surface area contributed by atoms with Crippen LogP contribution in [0.4, 0.5) is 16.2 Å². The van der Waals surface area contributed by atoms with Crippen LogP contribution in [0.25, 0.3) is 0 Å². The summed E-state index contributed by atoms with van der Waals surface area (Å²) in [6, 6.07) is 8.37. The number of carbonyl (C=O) groups excluding carboxylic acids is 2. The van der Waals surface area contributed by atoms with E-state index in [0.717, 1.165) is 22.0 Å². The fourth-order valence-electron chi connectivity index (χ4n) is 3.53. The first-order chi connectivity index (χ1) is 13.7. The molecule has 0 bridgehead atoms. The van der Waals surface area contributed by atoms with Crippen LogP contribution in [0.2, 0.25) is 0 Å². The number of rotatable bonds is 4. The predicted molar refractivity (Wildman–Crippen MR) is 101 cm³/mol. The third-order valence-electron chi connectivity index (χ3n) is 4.94. The van der Waals surface area contributed by atoms with Crippen molar-refractivity contribution in [2.45, 2.75) is 22.4 Å².